The van der Waals surface area contributed by atoms with Crippen LogP contribution in [0.1, 0.15) is 66.8 Å². The highest BCUT2D eigenvalue weighted by molar-refractivity contribution is 5.94. The van der Waals surface area contributed by atoms with E-state index in [4.69, 9.17) is 4.74 Å². The van der Waals surface area contributed by atoms with Crippen LogP contribution in [0.4, 0.5) is 0 Å². The molecular weight excluding hydrogens is 328 g/mol. The molecule has 0 atom stereocenters. The van der Waals surface area contributed by atoms with Crippen molar-refractivity contribution in [3.05, 3.63) is 65.2 Å². The SMILES string of the molecule is CC.CCCC.COC(=O)c1ccc(C(=O)Oc2cccc(C)c2)cc1. The highest BCUT2D eigenvalue weighted by atomic mass is 16.5. The van der Waals surface area contributed by atoms with Gasteiger partial charge in [-0.2, -0.15) is 0 Å². The monoisotopic (exact) mass is 358 g/mol. The summed E-state index contributed by atoms with van der Waals surface area (Å²) in [6, 6.07) is 13.3. The lowest BCUT2D eigenvalue weighted by atomic mass is 10.1. The Bertz CT molecular complexity index is 658. The lowest BCUT2D eigenvalue weighted by molar-refractivity contribution is 0.0599. The number of rotatable bonds is 4. The maximum Gasteiger partial charge on any atom is 0.343 e. The summed E-state index contributed by atoms with van der Waals surface area (Å²) in [6.45, 7) is 10.3. The van der Waals surface area contributed by atoms with Crippen molar-refractivity contribution < 1.29 is 19.1 Å². The molecule has 26 heavy (non-hydrogen) atoms. The van der Waals surface area contributed by atoms with E-state index in [9.17, 15) is 9.59 Å². The van der Waals surface area contributed by atoms with Gasteiger partial charge >= 0.3 is 11.9 Å². The summed E-state index contributed by atoms with van der Waals surface area (Å²) >= 11 is 0. The zero-order valence-electron chi connectivity index (χ0n) is 16.7. The van der Waals surface area contributed by atoms with Gasteiger partial charge in [-0.1, -0.05) is 52.7 Å². The van der Waals surface area contributed by atoms with E-state index >= 15 is 0 Å². The summed E-state index contributed by atoms with van der Waals surface area (Å²) in [5, 5.41) is 0. The number of hydrogen-bond acceptors (Lipinski definition) is 4. The molecule has 0 spiro atoms. The smallest absolute Gasteiger partial charge is 0.343 e. The molecule has 0 fully saturated rings. The molecule has 0 aliphatic rings. The third-order valence-corrected chi connectivity index (χ3v) is 3.24. The third-order valence-electron chi connectivity index (χ3n) is 3.24. The van der Waals surface area contributed by atoms with Gasteiger partial charge in [-0.25, -0.2) is 9.59 Å². The second kappa shape index (κ2) is 13.6. The molecule has 0 heterocycles. The van der Waals surface area contributed by atoms with Gasteiger partial charge in [-0.05, 0) is 48.9 Å². The number of benzene rings is 2. The summed E-state index contributed by atoms with van der Waals surface area (Å²) in [5.74, 6) is -0.414. The van der Waals surface area contributed by atoms with Crippen molar-refractivity contribution >= 4 is 11.9 Å². The lowest BCUT2D eigenvalue weighted by Gasteiger charge is -2.05. The molecule has 142 valence electrons. The largest absolute Gasteiger partial charge is 0.465 e. The molecule has 0 aliphatic carbocycles. The molecule has 0 radical (unpaired) electrons. The van der Waals surface area contributed by atoms with Crippen LogP contribution in [0.3, 0.4) is 0 Å². The molecule has 4 nitrogen and oxygen atoms in total. The van der Waals surface area contributed by atoms with Crippen molar-refractivity contribution in [3.8, 4) is 5.75 Å². The van der Waals surface area contributed by atoms with Crippen LogP contribution < -0.4 is 4.74 Å². The Morgan fingerprint density at radius 2 is 1.35 bits per heavy atom. The number of esters is 2. The van der Waals surface area contributed by atoms with E-state index in [0.29, 0.717) is 16.9 Å². The number of hydrogen-bond donors (Lipinski definition) is 0. The van der Waals surface area contributed by atoms with E-state index in [0.717, 1.165) is 5.56 Å². The van der Waals surface area contributed by atoms with Crippen LogP contribution in [0, 0.1) is 6.92 Å². The number of unbranched alkanes of at least 4 members (excludes halogenated alkanes) is 1. The van der Waals surface area contributed by atoms with Crippen LogP contribution in [0.15, 0.2) is 48.5 Å². The van der Waals surface area contributed by atoms with Gasteiger partial charge in [0.2, 0.25) is 0 Å². The van der Waals surface area contributed by atoms with Gasteiger partial charge in [0.15, 0.2) is 0 Å². The van der Waals surface area contributed by atoms with Gasteiger partial charge in [0.1, 0.15) is 5.75 Å². The van der Waals surface area contributed by atoms with E-state index < -0.39 is 11.9 Å². The van der Waals surface area contributed by atoms with E-state index in [1.807, 2.05) is 32.9 Å². The molecule has 0 aliphatic heterocycles. The molecule has 4 heteroatoms. The molecule has 0 amide bonds. The predicted molar refractivity (Wildman–Crippen MR) is 106 cm³/mol. The van der Waals surface area contributed by atoms with Gasteiger partial charge in [0.25, 0.3) is 0 Å². The van der Waals surface area contributed by atoms with E-state index in [2.05, 4.69) is 18.6 Å². The van der Waals surface area contributed by atoms with Crippen LogP contribution in [0.25, 0.3) is 0 Å². The minimum Gasteiger partial charge on any atom is -0.465 e. The average molecular weight is 358 g/mol. The fourth-order valence-corrected chi connectivity index (χ4v) is 1.71. The number of methoxy groups -OCH3 is 1. The van der Waals surface area contributed by atoms with Crippen molar-refractivity contribution in [1.29, 1.82) is 0 Å². The van der Waals surface area contributed by atoms with Crippen LogP contribution in [-0.2, 0) is 4.74 Å². The third kappa shape index (κ3) is 8.47. The molecule has 2 aromatic carbocycles. The van der Waals surface area contributed by atoms with Gasteiger partial charge in [0, 0.05) is 0 Å². The second-order valence-electron chi connectivity index (χ2n) is 5.27. The summed E-state index contributed by atoms with van der Waals surface area (Å²) in [7, 11) is 1.31. The van der Waals surface area contributed by atoms with Crippen molar-refractivity contribution in [2.45, 2.75) is 47.5 Å². The Labute approximate surface area is 157 Å². The first-order valence-electron chi connectivity index (χ1n) is 8.99. The maximum atomic E-state index is 11.9. The van der Waals surface area contributed by atoms with Gasteiger partial charge in [-0.3, -0.25) is 0 Å². The molecule has 0 aromatic heterocycles. The first kappa shape index (κ1) is 23.4. The first-order valence-corrected chi connectivity index (χ1v) is 8.99. The zero-order chi connectivity index (χ0) is 19.9. The van der Waals surface area contributed by atoms with Crippen LogP contribution in [0.5, 0.6) is 5.75 Å². The molecule has 2 rings (SSSR count). The topological polar surface area (TPSA) is 52.6 Å². The van der Waals surface area contributed by atoms with Gasteiger partial charge in [-0.15, -0.1) is 0 Å². The predicted octanol–water partition coefficient (Wildman–Crippen LogP) is 5.83. The van der Waals surface area contributed by atoms with Crippen molar-refractivity contribution in [1.82, 2.24) is 0 Å². The van der Waals surface area contributed by atoms with Crippen LogP contribution >= 0.6 is 0 Å². The summed E-state index contributed by atoms with van der Waals surface area (Å²) in [5.41, 5.74) is 1.77. The van der Waals surface area contributed by atoms with Crippen molar-refractivity contribution in [2.24, 2.45) is 0 Å². The number of ether oxygens (including phenoxy) is 2. The molecule has 2 aromatic rings. The molecule has 0 N–H and O–H groups in total. The van der Waals surface area contributed by atoms with Crippen molar-refractivity contribution in [2.75, 3.05) is 7.11 Å². The zero-order valence-corrected chi connectivity index (χ0v) is 16.7. The Balaban J connectivity index is 0.000000920. The highest BCUT2D eigenvalue weighted by Crippen LogP contribution is 2.15. The normalized spacial score (nSPS) is 9.00. The number of aryl methyl sites for hydroxylation is 1. The second-order valence-corrected chi connectivity index (χ2v) is 5.27. The first-order chi connectivity index (χ1) is 12.5. The van der Waals surface area contributed by atoms with E-state index in [1.54, 1.807) is 12.1 Å². The van der Waals surface area contributed by atoms with Crippen LogP contribution in [0.2, 0.25) is 0 Å². The van der Waals surface area contributed by atoms with Gasteiger partial charge < -0.3 is 9.47 Å². The van der Waals surface area contributed by atoms with Gasteiger partial charge in [0.05, 0.1) is 18.2 Å². The Morgan fingerprint density at radius 3 is 1.77 bits per heavy atom. The van der Waals surface area contributed by atoms with Crippen LogP contribution in [-0.4, -0.2) is 19.0 Å². The molecule has 0 unspecified atom stereocenters. The lowest BCUT2D eigenvalue weighted by Crippen LogP contribution is -2.09. The maximum absolute atomic E-state index is 11.9. The minimum absolute atomic E-state index is 0.374. The quantitative estimate of drug-likeness (QED) is 0.509. The summed E-state index contributed by atoms with van der Waals surface area (Å²) in [6.07, 6.45) is 2.64. The highest BCUT2D eigenvalue weighted by Gasteiger charge is 2.10. The van der Waals surface area contributed by atoms with E-state index in [-0.39, 0.29) is 0 Å². The molecular formula is C22H30O4. The van der Waals surface area contributed by atoms with Crippen molar-refractivity contribution in [3.63, 3.8) is 0 Å². The molecule has 0 saturated carbocycles. The summed E-state index contributed by atoms with van der Waals surface area (Å²) < 4.78 is 9.84. The fraction of sp³-hybridized carbons (Fsp3) is 0.364. The molecule has 0 saturated heterocycles. The molecule has 0 bridgehead atoms. The Hall–Kier alpha value is -2.62. The standard InChI is InChI=1S/C16H14O4.C4H10.C2H6/c1-11-4-3-5-14(10-11)20-16(18)13-8-6-12(7-9-13)15(17)19-2;1-3-4-2;1-2/h3-10H,1-2H3;3-4H2,1-2H3;1-2H3. The average Bonchev–Trinajstić information content (AvgIpc) is 2.69. The fourth-order valence-electron chi connectivity index (χ4n) is 1.71. The Kier molecular flexibility index (Phi) is 12.3. The van der Waals surface area contributed by atoms with E-state index in [1.165, 1.54) is 44.2 Å². The number of carbonyl (C=O) groups is 2. The Morgan fingerprint density at radius 1 is 0.846 bits per heavy atom. The minimum atomic E-state index is -0.466. The summed E-state index contributed by atoms with van der Waals surface area (Å²) in [4.78, 5) is 23.2. The number of carbonyl (C=O) groups excluding carboxylic acids is 2.